The van der Waals surface area contributed by atoms with Gasteiger partial charge in [0.1, 0.15) is 0 Å². The molecule has 0 unspecified atom stereocenters. The third-order valence-electron chi connectivity index (χ3n) is 3.92. The van der Waals surface area contributed by atoms with Crippen molar-refractivity contribution in [3.8, 4) is 0 Å². The number of carbonyl (C=O) groups is 1. The van der Waals surface area contributed by atoms with Crippen LogP contribution in [0.3, 0.4) is 0 Å². The normalized spacial score (nSPS) is 10.9. The lowest BCUT2D eigenvalue weighted by Crippen LogP contribution is -2.26. The molecule has 136 valence electrons. The lowest BCUT2D eigenvalue weighted by Gasteiger charge is -2.05. The Morgan fingerprint density at radius 3 is 2.92 bits per heavy atom. The van der Waals surface area contributed by atoms with Crippen LogP contribution in [0.25, 0.3) is 11.1 Å². The second-order valence-corrected chi connectivity index (χ2v) is 6.74. The van der Waals surface area contributed by atoms with E-state index in [2.05, 4.69) is 5.32 Å². The van der Waals surface area contributed by atoms with E-state index in [0.717, 1.165) is 6.42 Å². The highest BCUT2D eigenvalue weighted by Gasteiger charge is 2.14. The fourth-order valence-electron chi connectivity index (χ4n) is 2.65. The zero-order valence-corrected chi connectivity index (χ0v) is 14.7. The second kappa shape index (κ2) is 7.96. The molecule has 0 bridgehead atoms. The molecular formula is C17H17N3O5S. The molecular weight excluding hydrogens is 358 g/mol. The number of aryl methyl sites for hydroxylation is 1. The fraction of sp³-hybridized carbons (Fsp3) is 0.294. The van der Waals surface area contributed by atoms with Crippen LogP contribution < -0.4 is 11.1 Å². The fourth-order valence-corrected chi connectivity index (χ4v) is 3.36. The Bertz CT molecular complexity index is 974. The van der Waals surface area contributed by atoms with Gasteiger partial charge in [0, 0.05) is 30.5 Å². The van der Waals surface area contributed by atoms with Crippen molar-refractivity contribution in [2.24, 2.45) is 0 Å². The number of carbonyl (C=O) groups excluding carboxylic acids is 1. The third-order valence-corrected chi connectivity index (χ3v) is 4.86. The van der Waals surface area contributed by atoms with Crippen molar-refractivity contribution in [1.29, 1.82) is 0 Å². The molecule has 2 aromatic heterocycles. The van der Waals surface area contributed by atoms with E-state index in [-0.39, 0.29) is 23.6 Å². The molecule has 0 aliphatic heterocycles. The van der Waals surface area contributed by atoms with E-state index in [9.17, 15) is 19.7 Å². The Hall–Kier alpha value is -2.94. The zero-order chi connectivity index (χ0) is 18.5. The Balaban J connectivity index is 1.52. The standard InChI is InChI=1S/C17H17N3O5S/c21-16(18-8-7-13-3-2-10-26-13)4-1-9-19-14-6-5-12(20(23)24)11-15(14)25-17(19)22/h2-3,5-6,10-11H,1,4,7-9H2,(H,18,21). The minimum absolute atomic E-state index is 0.0713. The average molecular weight is 375 g/mol. The van der Waals surface area contributed by atoms with Gasteiger partial charge in [0.2, 0.25) is 5.91 Å². The predicted molar refractivity (Wildman–Crippen MR) is 97.4 cm³/mol. The van der Waals surface area contributed by atoms with Gasteiger partial charge in [0.05, 0.1) is 16.5 Å². The van der Waals surface area contributed by atoms with Gasteiger partial charge in [0.25, 0.3) is 5.69 Å². The molecule has 1 N–H and O–H groups in total. The first-order chi connectivity index (χ1) is 12.5. The van der Waals surface area contributed by atoms with Crippen molar-refractivity contribution in [3.05, 3.63) is 61.3 Å². The van der Waals surface area contributed by atoms with E-state index in [4.69, 9.17) is 4.42 Å². The van der Waals surface area contributed by atoms with Crippen molar-refractivity contribution < 1.29 is 14.1 Å². The summed E-state index contributed by atoms with van der Waals surface area (Å²) in [4.78, 5) is 35.3. The maximum atomic E-state index is 11.9. The molecule has 0 spiro atoms. The third kappa shape index (κ3) is 4.17. The number of non-ortho nitro benzene ring substituents is 1. The summed E-state index contributed by atoms with van der Waals surface area (Å²) in [5.74, 6) is -0.656. The van der Waals surface area contributed by atoms with Crippen LogP contribution in [0.2, 0.25) is 0 Å². The molecule has 0 saturated heterocycles. The number of amides is 1. The maximum Gasteiger partial charge on any atom is 0.419 e. The van der Waals surface area contributed by atoms with Crippen molar-refractivity contribution in [1.82, 2.24) is 9.88 Å². The number of hydrogen-bond donors (Lipinski definition) is 1. The minimum Gasteiger partial charge on any atom is -0.407 e. The van der Waals surface area contributed by atoms with Crippen LogP contribution in [-0.4, -0.2) is 21.9 Å². The summed E-state index contributed by atoms with van der Waals surface area (Å²) in [6, 6.07) is 8.04. The van der Waals surface area contributed by atoms with Gasteiger partial charge < -0.3 is 9.73 Å². The van der Waals surface area contributed by atoms with Gasteiger partial charge in [-0.15, -0.1) is 11.3 Å². The highest BCUT2D eigenvalue weighted by atomic mass is 32.1. The summed E-state index contributed by atoms with van der Waals surface area (Å²) in [6.45, 7) is 0.888. The van der Waals surface area contributed by atoms with Gasteiger partial charge >= 0.3 is 5.76 Å². The molecule has 0 fully saturated rings. The van der Waals surface area contributed by atoms with Crippen molar-refractivity contribution in [3.63, 3.8) is 0 Å². The van der Waals surface area contributed by atoms with Crippen molar-refractivity contribution in [2.45, 2.75) is 25.8 Å². The number of rotatable bonds is 8. The first kappa shape index (κ1) is 17.9. The molecule has 3 aromatic rings. The summed E-state index contributed by atoms with van der Waals surface area (Å²) in [5, 5.41) is 15.6. The molecule has 0 saturated carbocycles. The molecule has 1 aromatic carbocycles. The van der Waals surface area contributed by atoms with Gasteiger partial charge in [-0.05, 0) is 30.4 Å². The first-order valence-electron chi connectivity index (χ1n) is 8.11. The van der Waals surface area contributed by atoms with Gasteiger partial charge in [-0.1, -0.05) is 6.07 Å². The molecule has 0 radical (unpaired) electrons. The quantitative estimate of drug-likeness (QED) is 0.481. The van der Waals surface area contributed by atoms with Crippen molar-refractivity contribution in [2.75, 3.05) is 6.54 Å². The summed E-state index contributed by atoms with van der Waals surface area (Å²) in [7, 11) is 0. The molecule has 2 heterocycles. The Morgan fingerprint density at radius 1 is 1.35 bits per heavy atom. The lowest BCUT2D eigenvalue weighted by molar-refractivity contribution is -0.384. The number of nitro groups is 1. The molecule has 0 aliphatic rings. The number of benzene rings is 1. The largest absolute Gasteiger partial charge is 0.419 e. The number of nitrogens with zero attached hydrogens (tertiary/aromatic N) is 2. The van der Waals surface area contributed by atoms with Crippen LogP contribution in [0.4, 0.5) is 5.69 Å². The smallest absolute Gasteiger partial charge is 0.407 e. The maximum absolute atomic E-state index is 11.9. The van der Waals surface area contributed by atoms with Crippen LogP contribution in [0, 0.1) is 10.1 Å². The second-order valence-electron chi connectivity index (χ2n) is 5.71. The van der Waals surface area contributed by atoms with Crippen LogP contribution in [-0.2, 0) is 17.8 Å². The van der Waals surface area contributed by atoms with Crippen LogP contribution >= 0.6 is 11.3 Å². The van der Waals surface area contributed by atoms with Crippen LogP contribution in [0.15, 0.2) is 44.9 Å². The molecule has 8 nitrogen and oxygen atoms in total. The van der Waals surface area contributed by atoms with E-state index in [0.29, 0.717) is 25.0 Å². The van der Waals surface area contributed by atoms with E-state index < -0.39 is 10.7 Å². The monoisotopic (exact) mass is 375 g/mol. The van der Waals surface area contributed by atoms with Crippen LogP contribution in [0.1, 0.15) is 17.7 Å². The molecule has 3 rings (SSSR count). The zero-order valence-electron chi connectivity index (χ0n) is 13.8. The minimum atomic E-state index is -0.585. The Kier molecular flexibility index (Phi) is 5.47. The van der Waals surface area contributed by atoms with E-state index in [1.807, 2.05) is 17.5 Å². The molecule has 0 atom stereocenters. The summed E-state index contributed by atoms with van der Waals surface area (Å²) in [6.07, 6.45) is 1.56. The lowest BCUT2D eigenvalue weighted by atomic mass is 10.2. The van der Waals surface area contributed by atoms with E-state index >= 15 is 0 Å². The highest BCUT2D eigenvalue weighted by Crippen LogP contribution is 2.20. The van der Waals surface area contributed by atoms with E-state index in [1.54, 1.807) is 11.3 Å². The van der Waals surface area contributed by atoms with Crippen LogP contribution in [0.5, 0.6) is 0 Å². The average Bonchev–Trinajstić information content (AvgIpc) is 3.22. The molecule has 26 heavy (non-hydrogen) atoms. The summed E-state index contributed by atoms with van der Waals surface area (Å²) < 4.78 is 6.44. The Morgan fingerprint density at radius 2 is 2.19 bits per heavy atom. The van der Waals surface area contributed by atoms with E-state index in [1.165, 1.54) is 27.6 Å². The first-order valence-corrected chi connectivity index (χ1v) is 8.99. The van der Waals surface area contributed by atoms with Gasteiger partial charge in [-0.2, -0.15) is 0 Å². The number of nitro benzene ring substituents is 1. The number of nitrogens with one attached hydrogen (secondary N) is 1. The molecule has 9 heteroatoms. The van der Waals surface area contributed by atoms with Gasteiger partial charge in [-0.25, -0.2) is 4.79 Å². The Labute approximate surface area is 152 Å². The predicted octanol–water partition coefficient (Wildman–Crippen LogP) is 2.70. The SMILES string of the molecule is O=C(CCCn1c(=O)oc2cc([N+](=O)[O-])ccc21)NCCc1cccs1. The molecule has 0 aliphatic carbocycles. The number of thiophene rings is 1. The number of aromatic nitrogens is 1. The van der Waals surface area contributed by atoms with Gasteiger partial charge in [-0.3, -0.25) is 19.5 Å². The van der Waals surface area contributed by atoms with Gasteiger partial charge in [0.15, 0.2) is 5.58 Å². The topological polar surface area (TPSA) is 107 Å². The number of oxazole rings is 1. The summed E-state index contributed by atoms with van der Waals surface area (Å²) in [5.41, 5.74) is 0.520. The number of hydrogen-bond acceptors (Lipinski definition) is 6. The number of fused-ring (bicyclic) bond motifs is 1. The molecule has 1 amide bonds. The van der Waals surface area contributed by atoms with Crippen molar-refractivity contribution >= 4 is 34.0 Å². The summed E-state index contributed by atoms with van der Waals surface area (Å²) >= 11 is 1.65. The highest BCUT2D eigenvalue weighted by molar-refractivity contribution is 7.09.